The molecule has 2 amide bonds. The molecule has 2 aliphatic rings. The lowest BCUT2D eigenvalue weighted by Gasteiger charge is -2.17. The monoisotopic (exact) mass is 725 g/mol. The Bertz CT molecular complexity index is 2470. The van der Waals surface area contributed by atoms with Crippen LogP contribution in [0.15, 0.2) is 178 Å². The Morgan fingerprint density at radius 1 is 0.717 bits per heavy atom. The number of aromatic nitrogens is 1. The van der Waals surface area contributed by atoms with Gasteiger partial charge in [-0.2, -0.15) is 10.4 Å². The number of para-hydroxylation sites is 3. The average molecular weight is 726 g/mol. The van der Waals surface area contributed by atoms with Crippen molar-refractivity contribution in [2.75, 3.05) is 15.2 Å². The second kappa shape index (κ2) is 14.9. The lowest BCUT2D eigenvalue weighted by atomic mass is 9.98. The predicted octanol–water partition coefficient (Wildman–Crippen LogP) is 9.43. The summed E-state index contributed by atoms with van der Waals surface area (Å²) < 4.78 is 0. The highest BCUT2D eigenvalue weighted by Crippen LogP contribution is 2.46. The van der Waals surface area contributed by atoms with E-state index in [2.05, 4.69) is 11.4 Å². The molecule has 0 spiro atoms. The van der Waals surface area contributed by atoms with E-state index in [9.17, 15) is 14.9 Å². The number of carbonyl (C=O) groups is 2. The number of aliphatic imine (C=N–C) groups is 1. The number of benzene rings is 5. The van der Waals surface area contributed by atoms with Gasteiger partial charge in [0.1, 0.15) is 21.6 Å². The van der Waals surface area contributed by atoms with Crippen molar-refractivity contribution in [3.05, 3.63) is 173 Å². The van der Waals surface area contributed by atoms with Crippen LogP contribution in [0, 0.1) is 11.3 Å². The van der Waals surface area contributed by atoms with Crippen molar-refractivity contribution >= 4 is 68.4 Å². The summed E-state index contributed by atoms with van der Waals surface area (Å²) in [5.41, 5.74) is 5.14. The van der Waals surface area contributed by atoms with Crippen molar-refractivity contribution in [2.45, 2.75) is 0 Å². The van der Waals surface area contributed by atoms with Gasteiger partial charge < -0.3 is 5.32 Å². The van der Waals surface area contributed by atoms with Crippen LogP contribution in [0.4, 0.5) is 22.9 Å². The fraction of sp³-hybridized carbons (Fsp3) is 0. The number of nitrogens with zero attached hydrogens (tertiary/aromatic N) is 6. The van der Waals surface area contributed by atoms with Gasteiger partial charge in [-0.15, -0.1) is 0 Å². The number of nitriles is 1. The standard InChI is InChI=1S/C42H27N7O2S2/c43-27-34-33(28-16-6-1-7-17-28)26-35(29-18-8-2-9-19-29)45-37(34)46-42-48(31-22-12-4-13-23-31)40(51)36(52-42)41-49(32-24-14-5-15-25-32)47-39(53-41)38(50)44-30-20-10-3-11-21-30/h1-26H,(H,44,50)/b41-36-,46-42?. The number of nitrogens with one attached hydrogen (secondary N) is 1. The zero-order valence-corrected chi connectivity index (χ0v) is 29.5. The van der Waals surface area contributed by atoms with Gasteiger partial charge in [0, 0.05) is 16.8 Å². The first-order valence-electron chi connectivity index (χ1n) is 16.5. The molecule has 0 aliphatic carbocycles. The molecule has 5 aromatic carbocycles. The summed E-state index contributed by atoms with van der Waals surface area (Å²) in [5, 5.41) is 20.7. The molecule has 1 N–H and O–H groups in total. The number of amidine groups is 1. The van der Waals surface area contributed by atoms with Crippen LogP contribution in [0.2, 0.25) is 0 Å². The van der Waals surface area contributed by atoms with Crippen LogP contribution < -0.4 is 15.2 Å². The van der Waals surface area contributed by atoms with Gasteiger partial charge in [-0.3, -0.25) is 14.5 Å². The molecule has 3 heterocycles. The quantitative estimate of drug-likeness (QED) is 0.163. The molecule has 53 heavy (non-hydrogen) atoms. The fourth-order valence-electron chi connectivity index (χ4n) is 5.77. The highest BCUT2D eigenvalue weighted by Gasteiger charge is 2.42. The lowest BCUT2D eigenvalue weighted by Crippen LogP contribution is -2.29. The minimum absolute atomic E-state index is 0.168. The first-order valence-corrected chi connectivity index (χ1v) is 18.1. The first kappa shape index (κ1) is 33.4. The number of hydrazone groups is 1. The van der Waals surface area contributed by atoms with Gasteiger partial charge in [-0.05, 0) is 71.6 Å². The van der Waals surface area contributed by atoms with Crippen molar-refractivity contribution in [3.63, 3.8) is 0 Å². The topological polar surface area (TPSA) is 114 Å². The molecule has 9 nitrogen and oxygen atoms in total. The van der Waals surface area contributed by atoms with Crippen LogP contribution in [0.1, 0.15) is 5.56 Å². The average Bonchev–Trinajstić information content (AvgIpc) is 3.80. The maximum absolute atomic E-state index is 14.7. The summed E-state index contributed by atoms with van der Waals surface area (Å²) >= 11 is 2.25. The molecule has 0 radical (unpaired) electrons. The fourth-order valence-corrected chi connectivity index (χ4v) is 7.83. The van der Waals surface area contributed by atoms with Gasteiger partial charge in [-0.1, -0.05) is 115 Å². The Morgan fingerprint density at radius 3 is 1.91 bits per heavy atom. The van der Waals surface area contributed by atoms with Crippen LogP contribution in [0.3, 0.4) is 0 Å². The molecule has 8 rings (SSSR count). The van der Waals surface area contributed by atoms with Crippen LogP contribution in [-0.4, -0.2) is 27.0 Å². The van der Waals surface area contributed by atoms with Crippen LogP contribution in [0.5, 0.6) is 0 Å². The molecule has 0 bridgehead atoms. The maximum Gasteiger partial charge on any atom is 0.283 e. The summed E-state index contributed by atoms with van der Waals surface area (Å²) in [6, 6.07) is 51.2. The molecule has 0 saturated carbocycles. The SMILES string of the molecule is N#Cc1c(-c2ccccc2)cc(-c2ccccc2)nc1N=C1S/C(=C2\SC(C(=O)Nc3ccccc3)=NN2c2ccccc2)C(=O)N1c1ccccc1. The van der Waals surface area contributed by atoms with Gasteiger partial charge in [0.05, 0.1) is 17.1 Å². The predicted molar refractivity (Wildman–Crippen MR) is 214 cm³/mol. The number of pyridine rings is 1. The molecule has 6 aromatic rings. The Hall–Kier alpha value is -6.74. The number of rotatable bonds is 7. The molecular weight excluding hydrogens is 699 g/mol. The number of hydrogen-bond acceptors (Lipinski definition) is 9. The van der Waals surface area contributed by atoms with Crippen molar-refractivity contribution in [2.24, 2.45) is 10.1 Å². The van der Waals surface area contributed by atoms with Crippen LogP contribution >= 0.6 is 23.5 Å². The second-order valence-electron chi connectivity index (χ2n) is 11.7. The number of amides is 2. The van der Waals surface area contributed by atoms with Gasteiger partial charge >= 0.3 is 0 Å². The highest BCUT2D eigenvalue weighted by atomic mass is 32.2. The van der Waals surface area contributed by atoms with Gasteiger partial charge in [0.25, 0.3) is 11.8 Å². The largest absolute Gasteiger partial charge is 0.320 e. The minimum atomic E-state index is -0.406. The zero-order chi connectivity index (χ0) is 36.1. The Morgan fingerprint density at radius 2 is 1.28 bits per heavy atom. The maximum atomic E-state index is 14.7. The zero-order valence-electron chi connectivity index (χ0n) is 27.8. The van der Waals surface area contributed by atoms with E-state index >= 15 is 0 Å². The third kappa shape index (κ3) is 6.84. The van der Waals surface area contributed by atoms with E-state index in [-0.39, 0.29) is 22.3 Å². The third-order valence-electron chi connectivity index (χ3n) is 8.26. The molecule has 0 atom stereocenters. The van der Waals surface area contributed by atoms with Crippen molar-refractivity contribution in [1.29, 1.82) is 5.26 Å². The summed E-state index contributed by atoms with van der Waals surface area (Å²) in [7, 11) is 0. The van der Waals surface area contributed by atoms with E-state index in [4.69, 9.17) is 15.1 Å². The van der Waals surface area contributed by atoms with E-state index in [0.717, 1.165) is 34.7 Å². The molecule has 1 fully saturated rings. The van der Waals surface area contributed by atoms with Gasteiger partial charge in [0.15, 0.2) is 16.0 Å². The summed E-state index contributed by atoms with van der Waals surface area (Å²) in [5.74, 6) is -0.589. The van der Waals surface area contributed by atoms with E-state index in [1.54, 1.807) is 17.1 Å². The Balaban J connectivity index is 1.28. The Kier molecular flexibility index (Phi) is 9.36. The van der Waals surface area contributed by atoms with E-state index < -0.39 is 5.91 Å². The molecule has 254 valence electrons. The molecule has 2 aliphatic heterocycles. The summed E-state index contributed by atoms with van der Waals surface area (Å²) in [6.07, 6.45) is 0. The number of anilines is 3. The number of thioether (sulfide) groups is 2. The summed E-state index contributed by atoms with van der Waals surface area (Å²) in [4.78, 5) is 39.9. The molecule has 11 heteroatoms. The van der Waals surface area contributed by atoms with Crippen LogP contribution in [-0.2, 0) is 9.59 Å². The molecule has 0 unspecified atom stereocenters. The molecule has 1 aromatic heterocycles. The Labute approximate surface area is 314 Å². The van der Waals surface area contributed by atoms with Gasteiger partial charge in [-0.25, -0.2) is 15.0 Å². The smallest absolute Gasteiger partial charge is 0.283 e. The van der Waals surface area contributed by atoms with Gasteiger partial charge in [0.2, 0.25) is 0 Å². The second-order valence-corrected chi connectivity index (χ2v) is 13.6. The third-order valence-corrected chi connectivity index (χ3v) is 10.5. The van der Waals surface area contributed by atoms with Crippen molar-refractivity contribution in [1.82, 2.24) is 4.98 Å². The van der Waals surface area contributed by atoms with E-state index in [0.29, 0.717) is 43.4 Å². The molecule has 1 saturated heterocycles. The lowest BCUT2D eigenvalue weighted by molar-refractivity contribution is -0.113. The highest BCUT2D eigenvalue weighted by molar-refractivity contribution is 8.22. The van der Waals surface area contributed by atoms with Crippen molar-refractivity contribution in [3.8, 4) is 28.5 Å². The van der Waals surface area contributed by atoms with Crippen molar-refractivity contribution < 1.29 is 9.59 Å². The molecular formula is C42H27N7O2S2. The van der Waals surface area contributed by atoms with Crippen LogP contribution in [0.25, 0.3) is 22.4 Å². The minimum Gasteiger partial charge on any atom is -0.320 e. The van der Waals surface area contributed by atoms with E-state index in [1.807, 2.05) is 146 Å². The van der Waals surface area contributed by atoms with E-state index in [1.165, 1.54) is 4.90 Å². The summed E-state index contributed by atoms with van der Waals surface area (Å²) in [6.45, 7) is 0. The first-order chi connectivity index (χ1) is 26.1. The number of carbonyl (C=O) groups excluding carboxylic acids is 2. The number of hydrogen-bond donors (Lipinski definition) is 1. The normalized spacial score (nSPS) is 16.1.